The molecule has 0 amide bonds. The van der Waals surface area contributed by atoms with Crippen molar-refractivity contribution in [2.45, 2.75) is 11.5 Å². The molecule has 0 heterocycles. The molecule has 0 unspecified atom stereocenters. The van der Waals surface area contributed by atoms with E-state index in [0.29, 0.717) is 16.5 Å². The molecule has 2 rings (SSSR count). The summed E-state index contributed by atoms with van der Waals surface area (Å²) < 4.78 is 28.5. The zero-order valence-electron chi connectivity index (χ0n) is 10.8. The van der Waals surface area contributed by atoms with Crippen LogP contribution in [0.4, 0.5) is 5.69 Å². The molecular weight excluding hydrogens is 298 g/mol. The molecule has 0 aliphatic carbocycles. The first-order valence-corrected chi connectivity index (χ1v) is 8.10. The van der Waals surface area contributed by atoms with E-state index in [0.717, 1.165) is 11.8 Å². The molecule has 0 bridgehead atoms. The summed E-state index contributed by atoms with van der Waals surface area (Å²) in [5.41, 5.74) is 7.15. The Bertz CT molecular complexity index is 729. The van der Waals surface area contributed by atoms with Gasteiger partial charge in [0.15, 0.2) is 9.84 Å². The Morgan fingerprint density at radius 2 is 1.95 bits per heavy atom. The van der Waals surface area contributed by atoms with Crippen LogP contribution in [0.1, 0.15) is 5.56 Å². The van der Waals surface area contributed by atoms with Crippen LogP contribution in [0.5, 0.6) is 5.75 Å². The van der Waals surface area contributed by atoms with E-state index in [9.17, 15) is 8.42 Å². The second kappa shape index (κ2) is 5.73. The van der Waals surface area contributed by atoms with Gasteiger partial charge in [-0.05, 0) is 36.4 Å². The first-order valence-electron chi connectivity index (χ1n) is 5.83. The van der Waals surface area contributed by atoms with Crippen molar-refractivity contribution in [2.24, 2.45) is 0 Å². The molecule has 0 fully saturated rings. The number of ether oxygens (including phenoxy) is 1. The van der Waals surface area contributed by atoms with Gasteiger partial charge in [0.05, 0.1) is 4.90 Å². The number of hydrogen-bond donors (Lipinski definition) is 1. The predicted molar refractivity (Wildman–Crippen MR) is 79.7 cm³/mol. The van der Waals surface area contributed by atoms with Crippen molar-refractivity contribution in [3.63, 3.8) is 0 Å². The Balaban J connectivity index is 2.17. The summed E-state index contributed by atoms with van der Waals surface area (Å²) in [6, 6.07) is 11.4. The van der Waals surface area contributed by atoms with Gasteiger partial charge in [-0.2, -0.15) is 0 Å². The van der Waals surface area contributed by atoms with Crippen LogP contribution in [0.2, 0.25) is 5.02 Å². The lowest BCUT2D eigenvalue weighted by Gasteiger charge is -2.09. The van der Waals surface area contributed by atoms with Crippen molar-refractivity contribution in [2.75, 3.05) is 12.0 Å². The number of hydrogen-bond acceptors (Lipinski definition) is 4. The van der Waals surface area contributed by atoms with Gasteiger partial charge in [0.25, 0.3) is 0 Å². The van der Waals surface area contributed by atoms with Crippen LogP contribution in [0.15, 0.2) is 47.4 Å². The summed E-state index contributed by atoms with van der Waals surface area (Å²) in [7, 11) is -3.25. The first kappa shape index (κ1) is 14.7. The Morgan fingerprint density at radius 1 is 1.20 bits per heavy atom. The highest BCUT2D eigenvalue weighted by Gasteiger charge is 2.08. The molecule has 20 heavy (non-hydrogen) atoms. The van der Waals surface area contributed by atoms with Crippen molar-refractivity contribution in [3.8, 4) is 5.75 Å². The fourth-order valence-corrected chi connectivity index (χ4v) is 2.51. The minimum atomic E-state index is -3.25. The monoisotopic (exact) mass is 311 g/mol. The van der Waals surface area contributed by atoms with E-state index in [1.165, 1.54) is 12.1 Å². The molecule has 0 aromatic heterocycles. The third-order valence-electron chi connectivity index (χ3n) is 2.73. The fraction of sp³-hybridized carbons (Fsp3) is 0.143. The molecule has 0 saturated carbocycles. The Labute approximate surface area is 123 Å². The first-order chi connectivity index (χ1) is 9.36. The maximum atomic E-state index is 11.5. The van der Waals surface area contributed by atoms with Gasteiger partial charge >= 0.3 is 0 Å². The van der Waals surface area contributed by atoms with Gasteiger partial charge in [-0.3, -0.25) is 0 Å². The van der Waals surface area contributed by atoms with Gasteiger partial charge in [-0.15, -0.1) is 0 Å². The molecule has 0 atom stereocenters. The highest BCUT2D eigenvalue weighted by Crippen LogP contribution is 2.22. The smallest absolute Gasteiger partial charge is 0.175 e. The van der Waals surface area contributed by atoms with Crippen LogP contribution in [-0.4, -0.2) is 14.7 Å². The highest BCUT2D eigenvalue weighted by atomic mass is 35.5. The number of rotatable bonds is 4. The molecule has 0 aliphatic heterocycles. The second-order valence-electron chi connectivity index (χ2n) is 4.38. The van der Waals surface area contributed by atoms with Crippen molar-refractivity contribution < 1.29 is 13.2 Å². The van der Waals surface area contributed by atoms with E-state index in [1.54, 1.807) is 30.3 Å². The molecule has 2 N–H and O–H groups in total. The second-order valence-corrected chi connectivity index (χ2v) is 6.83. The van der Waals surface area contributed by atoms with E-state index < -0.39 is 9.84 Å². The lowest BCUT2D eigenvalue weighted by molar-refractivity contribution is 0.306. The molecular formula is C14H14ClNO3S. The van der Waals surface area contributed by atoms with E-state index in [-0.39, 0.29) is 11.5 Å². The van der Waals surface area contributed by atoms with Crippen LogP contribution in [0, 0.1) is 0 Å². The van der Waals surface area contributed by atoms with Crippen molar-refractivity contribution in [1.82, 2.24) is 0 Å². The van der Waals surface area contributed by atoms with E-state index >= 15 is 0 Å². The van der Waals surface area contributed by atoms with E-state index in [2.05, 4.69) is 0 Å². The molecule has 0 saturated heterocycles. The Kier molecular flexibility index (Phi) is 4.20. The van der Waals surface area contributed by atoms with E-state index in [1.807, 2.05) is 0 Å². The average molecular weight is 312 g/mol. The van der Waals surface area contributed by atoms with Crippen LogP contribution in [0.25, 0.3) is 0 Å². The SMILES string of the molecule is CS(=O)(=O)c1cccc(OCc2cc(Cl)ccc2N)c1. The molecule has 2 aromatic carbocycles. The lowest BCUT2D eigenvalue weighted by Crippen LogP contribution is -2.01. The topological polar surface area (TPSA) is 69.4 Å². The summed E-state index contributed by atoms with van der Waals surface area (Å²) in [4.78, 5) is 0.217. The van der Waals surface area contributed by atoms with Gasteiger partial charge in [-0.1, -0.05) is 17.7 Å². The quantitative estimate of drug-likeness (QED) is 0.881. The zero-order chi connectivity index (χ0) is 14.8. The number of anilines is 1. The van der Waals surface area contributed by atoms with Gasteiger partial charge in [0.2, 0.25) is 0 Å². The third kappa shape index (κ3) is 3.65. The number of nitrogens with two attached hydrogens (primary N) is 1. The molecule has 2 aromatic rings. The number of nitrogen functional groups attached to an aromatic ring is 1. The van der Waals surface area contributed by atoms with Crippen LogP contribution < -0.4 is 10.5 Å². The van der Waals surface area contributed by atoms with Crippen molar-refractivity contribution >= 4 is 27.1 Å². The average Bonchev–Trinajstić information content (AvgIpc) is 2.39. The fourth-order valence-electron chi connectivity index (χ4n) is 1.66. The number of halogens is 1. The largest absolute Gasteiger partial charge is 0.489 e. The maximum absolute atomic E-state index is 11.5. The third-order valence-corrected chi connectivity index (χ3v) is 4.08. The summed E-state index contributed by atoms with van der Waals surface area (Å²) in [5, 5.41) is 0.572. The predicted octanol–water partition coefficient (Wildman–Crippen LogP) is 2.90. The van der Waals surface area contributed by atoms with Crippen LogP contribution in [0.3, 0.4) is 0 Å². The van der Waals surface area contributed by atoms with Gasteiger partial charge in [-0.25, -0.2) is 8.42 Å². The number of sulfone groups is 1. The van der Waals surface area contributed by atoms with Crippen molar-refractivity contribution in [1.29, 1.82) is 0 Å². The van der Waals surface area contributed by atoms with Gasteiger partial charge in [0, 0.05) is 22.5 Å². The molecule has 0 aliphatic rings. The minimum absolute atomic E-state index is 0.217. The van der Waals surface area contributed by atoms with Crippen LogP contribution >= 0.6 is 11.6 Å². The zero-order valence-corrected chi connectivity index (χ0v) is 12.4. The normalized spacial score (nSPS) is 11.3. The summed E-state index contributed by atoms with van der Waals surface area (Å²) >= 11 is 5.89. The molecule has 106 valence electrons. The Hall–Kier alpha value is -1.72. The van der Waals surface area contributed by atoms with Gasteiger partial charge in [0.1, 0.15) is 12.4 Å². The lowest BCUT2D eigenvalue weighted by atomic mass is 10.2. The number of benzene rings is 2. The van der Waals surface area contributed by atoms with E-state index in [4.69, 9.17) is 22.1 Å². The molecule has 6 heteroatoms. The molecule has 0 spiro atoms. The summed E-state index contributed by atoms with van der Waals surface area (Å²) in [6.07, 6.45) is 1.15. The standard InChI is InChI=1S/C14H14ClNO3S/c1-20(17,18)13-4-2-3-12(8-13)19-9-10-7-11(15)5-6-14(10)16/h2-8H,9,16H2,1H3. The van der Waals surface area contributed by atoms with Crippen molar-refractivity contribution in [3.05, 3.63) is 53.1 Å². The molecule has 4 nitrogen and oxygen atoms in total. The Morgan fingerprint density at radius 3 is 2.65 bits per heavy atom. The van der Waals surface area contributed by atoms with Gasteiger partial charge < -0.3 is 10.5 Å². The van der Waals surface area contributed by atoms with Crippen LogP contribution in [-0.2, 0) is 16.4 Å². The maximum Gasteiger partial charge on any atom is 0.175 e. The molecule has 0 radical (unpaired) electrons. The summed E-state index contributed by atoms with van der Waals surface area (Å²) in [5.74, 6) is 0.465. The highest BCUT2D eigenvalue weighted by molar-refractivity contribution is 7.90. The minimum Gasteiger partial charge on any atom is -0.489 e. The summed E-state index contributed by atoms with van der Waals surface area (Å²) in [6.45, 7) is 0.222.